The van der Waals surface area contributed by atoms with Gasteiger partial charge in [0.1, 0.15) is 6.33 Å². The number of furan rings is 1. The Kier molecular flexibility index (Phi) is 5.80. The van der Waals surface area contributed by atoms with Crippen molar-refractivity contribution in [2.24, 2.45) is 0 Å². The van der Waals surface area contributed by atoms with Gasteiger partial charge in [-0.05, 0) is 41.7 Å². The molecule has 0 saturated carbocycles. The smallest absolute Gasteiger partial charge is 0.225 e. The van der Waals surface area contributed by atoms with Gasteiger partial charge in [0.05, 0.1) is 6.26 Å². The van der Waals surface area contributed by atoms with Crippen LogP contribution in [0.1, 0.15) is 38.6 Å². The second-order valence-corrected chi connectivity index (χ2v) is 6.81. The van der Waals surface area contributed by atoms with Crippen LogP contribution in [0.25, 0.3) is 5.76 Å². The third kappa shape index (κ3) is 4.52. The lowest BCUT2D eigenvalue weighted by Crippen LogP contribution is -2.04. The zero-order valence-corrected chi connectivity index (χ0v) is 16.2. The van der Waals surface area contributed by atoms with Gasteiger partial charge < -0.3 is 9.52 Å². The third-order valence-corrected chi connectivity index (χ3v) is 4.78. The first-order valence-corrected chi connectivity index (χ1v) is 9.53. The Morgan fingerprint density at radius 2 is 1.87 bits per heavy atom. The minimum absolute atomic E-state index is 0.123. The van der Waals surface area contributed by atoms with E-state index in [0.717, 1.165) is 29.2 Å². The molecule has 0 unspecified atom stereocenters. The van der Waals surface area contributed by atoms with E-state index in [2.05, 4.69) is 32.3 Å². The Morgan fingerprint density at radius 1 is 1.07 bits per heavy atom. The van der Waals surface area contributed by atoms with E-state index in [1.165, 1.54) is 11.9 Å². The number of ketones is 1. The highest BCUT2D eigenvalue weighted by Gasteiger charge is 2.20. The summed E-state index contributed by atoms with van der Waals surface area (Å²) in [6.07, 6.45) is 9.48. The van der Waals surface area contributed by atoms with Crippen molar-refractivity contribution in [3.8, 4) is 0 Å². The number of aliphatic hydroxyl groups excluding tert-OH is 1. The minimum Gasteiger partial charge on any atom is -0.504 e. The zero-order chi connectivity index (χ0) is 20.8. The number of rotatable bonds is 8. The number of benzene rings is 1. The van der Waals surface area contributed by atoms with E-state index in [1.807, 2.05) is 30.3 Å². The lowest BCUT2D eigenvalue weighted by molar-refractivity contribution is 0.102. The quantitative estimate of drug-likeness (QED) is 0.264. The number of aryl methyl sites for hydroxylation is 1. The normalized spacial score (nSPS) is 11.5. The topological polar surface area (TPSA) is 105 Å². The van der Waals surface area contributed by atoms with Crippen LogP contribution in [0, 0.1) is 0 Å². The molecule has 7 heteroatoms. The number of H-pyrrole nitrogens is 1. The lowest BCUT2D eigenvalue weighted by Gasteiger charge is -2.06. The molecule has 150 valence electrons. The molecule has 0 aliphatic rings. The number of pyridine rings is 1. The minimum atomic E-state index is -0.423. The first-order valence-electron chi connectivity index (χ1n) is 9.53. The molecule has 3 aromatic heterocycles. The largest absolute Gasteiger partial charge is 0.504 e. The first kappa shape index (κ1) is 19.3. The fourth-order valence-electron chi connectivity index (χ4n) is 3.27. The van der Waals surface area contributed by atoms with Gasteiger partial charge in [0.25, 0.3) is 0 Å². The van der Waals surface area contributed by atoms with Crippen molar-refractivity contribution in [1.29, 1.82) is 0 Å². The first-order chi connectivity index (χ1) is 14.7. The van der Waals surface area contributed by atoms with Crippen LogP contribution in [0.3, 0.4) is 0 Å². The van der Waals surface area contributed by atoms with E-state index in [-0.39, 0.29) is 17.3 Å². The Balaban J connectivity index is 1.63. The Bertz CT molecular complexity index is 1130. The van der Waals surface area contributed by atoms with E-state index >= 15 is 0 Å². The molecule has 0 amide bonds. The molecule has 0 saturated heterocycles. The number of hydrogen-bond acceptors (Lipinski definition) is 6. The summed E-state index contributed by atoms with van der Waals surface area (Å²) < 4.78 is 5.67. The molecule has 0 atom stereocenters. The van der Waals surface area contributed by atoms with Crippen molar-refractivity contribution < 1.29 is 14.3 Å². The molecule has 0 fully saturated rings. The van der Waals surface area contributed by atoms with Crippen LogP contribution in [0.5, 0.6) is 0 Å². The molecule has 4 aromatic rings. The molecule has 0 bridgehead atoms. The molecule has 0 aliphatic heterocycles. The van der Waals surface area contributed by atoms with Crippen LogP contribution in [0.15, 0.2) is 77.9 Å². The van der Waals surface area contributed by atoms with Crippen LogP contribution in [0.2, 0.25) is 0 Å². The van der Waals surface area contributed by atoms with E-state index in [0.29, 0.717) is 12.8 Å². The van der Waals surface area contributed by atoms with Crippen LogP contribution in [-0.2, 0) is 19.3 Å². The van der Waals surface area contributed by atoms with Crippen molar-refractivity contribution in [3.63, 3.8) is 0 Å². The standard InChI is InChI=1S/C23H20N4O3/c28-20(13-21(29)23-25-15-26-27-23)22-19(7-6-16-4-2-1-3-5-16)18(14-30-22)12-17-8-10-24-11-9-17/h1-5,8-11,13-15,29H,6-7,12H2,(H,25,26,27). The zero-order valence-electron chi connectivity index (χ0n) is 16.2. The number of aromatic amines is 1. The highest BCUT2D eigenvalue weighted by atomic mass is 16.3. The van der Waals surface area contributed by atoms with Crippen LogP contribution in [0.4, 0.5) is 0 Å². The highest BCUT2D eigenvalue weighted by molar-refractivity contribution is 6.06. The van der Waals surface area contributed by atoms with Gasteiger partial charge in [0.15, 0.2) is 17.3 Å². The Morgan fingerprint density at radius 3 is 2.60 bits per heavy atom. The molecule has 7 nitrogen and oxygen atoms in total. The average Bonchev–Trinajstić information content (AvgIpc) is 3.44. The summed E-state index contributed by atoms with van der Waals surface area (Å²) >= 11 is 0. The van der Waals surface area contributed by atoms with Gasteiger partial charge in [0.2, 0.25) is 5.78 Å². The molecule has 4 rings (SSSR count). The van der Waals surface area contributed by atoms with Crippen molar-refractivity contribution >= 4 is 11.5 Å². The maximum atomic E-state index is 12.8. The van der Waals surface area contributed by atoms with E-state index < -0.39 is 5.78 Å². The second kappa shape index (κ2) is 9.00. The molecular formula is C23H20N4O3. The highest BCUT2D eigenvalue weighted by Crippen LogP contribution is 2.24. The molecular weight excluding hydrogens is 380 g/mol. The maximum Gasteiger partial charge on any atom is 0.225 e. The second-order valence-electron chi connectivity index (χ2n) is 6.81. The fourth-order valence-corrected chi connectivity index (χ4v) is 3.27. The number of aliphatic hydroxyl groups is 1. The Hall–Kier alpha value is -4.00. The van der Waals surface area contributed by atoms with Gasteiger partial charge in [-0.25, -0.2) is 4.98 Å². The van der Waals surface area contributed by atoms with Crippen molar-refractivity contribution in [2.75, 3.05) is 0 Å². The number of nitrogens with one attached hydrogen (secondary N) is 1. The molecule has 0 radical (unpaired) electrons. The van der Waals surface area contributed by atoms with E-state index in [9.17, 15) is 9.90 Å². The summed E-state index contributed by atoms with van der Waals surface area (Å²) in [5.41, 5.74) is 4.02. The third-order valence-electron chi connectivity index (χ3n) is 4.78. The predicted molar refractivity (Wildman–Crippen MR) is 111 cm³/mol. The molecule has 1 aromatic carbocycles. The molecule has 3 heterocycles. The number of allylic oxidation sites excluding steroid dienone is 1. The number of carbonyl (C=O) groups is 1. The number of hydrogen-bond donors (Lipinski definition) is 2. The predicted octanol–water partition coefficient (Wildman–Crippen LogP) is 3.95. The number of carbonyl (C=O) groups excluding carboxylic acids is 1. The molecule has 0 aliphatic carbocycles. The Labute approximate surface area is 173 Å². The van der Waals surface area contributed by atoms with Gasteiger partial charge >= 0.3 is 0 Å². The van der Waals surface area contributed by atoms with Crippen molar-refractivity contribution in [1.82, 2.24) is 20.2 Å². The number of nitrogens with zero attached hydrogens (tertiary/aromatic N) is 3. The average molecular weight is 400 g/mol. The number of aromatic nitrogens is 4. The summed E-state index contributed by atoms with van der Waals surface area (Å²) in [6.45, 7) is 0. The van der Waals surface area contributed by atoms with Crippen LogP contribution < -0.4 is 0 Å². The van der Waals surface area contributed by atoms with Gasteiger partial charge in [-0.15, -0.1) is 0 Å². The molecule has 30 heavy (non-hydrogen) atoms. The van der Waals surface area contributed by atoms with E-state index in [1.54, 1.807) is 18.7 Å². The summed E-state index contributed by atoms with van der Waals surface area (Å²) in [6, 6.07) is 13.9. The SMILES string of the molecule is O=C(C=C(O)c1ncn[nH]1)c1occ(Cc2ccncc2)c1CCc1ccccc1. The van der Waals surface area contributed by atoms with Gasteiger partial charge in [0, 0.05) is 30.5 Å². The van der Waals surface area contributed by atoms with Gasteiger partial charge in [-0.3, -0.25) is 14.9 Å². The van der Waals surface area contributed by atoms with Gasteiger partial charge in [-0.1, -0.05) is 30.3 Å². The summed E-state index contributed by atoms with van der Waals surface area (Å²) in [7, 11) is 0. The summed E-state index contributed by atoms with van der Waals surface area (Å²) in [5.74, 6) is -0.370. The molecule has 2 N–H and O–H groups in total. The van der Waals surface area contributed by atoms with E-state index in [4.69, 9.17) is 4.42 Å². The monoisotopic (exact) mass is 400 g/mol. The van der Waals surface area contributed by atoms with Crippen LogP contribution in [-0.4, -0.2) is 31.1 Å². The lowest BCUT2D eigenvalue weighted by atomic mass is 9.96. The summed E-state index contributed by atoms with van der Waals surface area (Å²) in [5, 5.41) is 16.3. The van der Waals surface area contributed by atoms with Crippen LogP contribution >= 0.6 is 0 Å². The van der Waals surface area contributed by atoms with Crippen molar-refractivity contribution in [2.45, 2.75) is 19.3 Å². The summed E-state index contributed by atoms with van der Waals surface area (Å²) in [4.78, 5) is 20.7. The van der Waals surface area contributed by atoms with Crippen molar-refractivity contribution in [3.05, 3.63) is 107 Å². The molecule has 0 spiro atoms. The maximum absolute atomic E-state index is 12.8. The fraction of sp³-hybridized carbons (Fsp3) is 0.130. The van der Waals surface area contributed by atoms with Gasteiger partial charge in [-0.2, -0.15) is 5.10 Å².